The largest absolute Gasteiger partial charge is 0.383 e. The fraction of sp³-hybridized carbons (Fsp3) is 0.320. The molecule has 0 unspecified atom stereocenters. The molecule has 174 valence electrons. The smallest absolute Gasteiger partial charge is 0.261 e. The molecule has 0 radical (unpaired) electrons. The molecule has 1 saturated heterocycles. The first-order valence-electron chi connectivity index (χ1n) is 11.5. The van der Waals surface area contributed by atoms with Gasteiger partial charge in [-0.2, -0.15) is 5.10 Å². The predicted octanol–water partition coefficient (Wildman–Crippen LogP) is 3.43. The molecule has 1 fully saturated rings. The monoisotopic (exact) mass is 475 g/mol. The van der Waals surface area contributed by atoms with E-state index in [2.05, 4.69) is 19.9 Å². The Morgan fingerprint density at radius 1 is 1.09 bits per heavy atom. The lowest BCUT2D eigenvalue weighted by atomic mass is 9.98. The second-order valence-corrected chi connectivity index (χ2v) is 9.69. The highest BCUT2D eigenvalue weighted by Gasteiger charge is 2.36. The molecule has 2 aliphatic heterocycles. The van der Waals surface area contributed by atoms with Crippen LogP contribution in [0.25, 0.3) is 32.3 Å². The Bertz CT molecular complexity index is 1440. The number of amides is 2. The van der Waals surface area contributed by atoms with Gasteiger partial charge in [-0.05, 0) is 30.4 Å². The number of methoxy groups -OCH3 is 1. The maximum absolute atomic E-state index is 13.1. The van der Waals surface area contributed by atoms with Gasteiger partial charge in [0.2, 0.25) is 0 Å². The number of aromatic nitrogens is 3. The number of hydrogen-bond donors (Lipinski definition) is 2. The molecule has 2 aliphatic rings. The second kappa shape index (κ2) is 8.50. The number of hydrogen-bond acceptors (Lipinski definition) is 6. The molecule has 8 nitrogen and oxygen atoms in total. The lowest BCUT2D eigenvalue weighted by Crippen LogP contribution is -2.36. The second-order valence-electron chi connectivity index (χ2n) is 8.77. The first-order valence-corrected chi connectivity index (χ1v) is 12.4. The van der Waals surface area contributed by atoms with Crippen LogP contribution >= 0.6 is 11.3 Å². The molecule has 0 saturated carbocycles. The van der Waals surface area contributed by atoms with Gasteiger partial charge in [0.25, 0.3) is 11.8 Å². The number of imide groups is 1. The Morgan fingerprint density at radius 2 is 1.88 bits per heavy atom. The zero-order valence-corrected chi connectivity index (χ0v) is 19.7. The average Bonchev–Trinajstić information content (AvgIpc) is 3.61. The Hall–Kier alpha value is -3.27. The van der Waals surface area contributed by atoms with E-state index in [4.69, 9.17) is 9.84 Å². The van der Waals surface area contributed by atoms with Gasteiger partial charge < -0.3 is 14.6 Å². The predicted molar refractivity (Wildman–Crippen MR) is 132 cm³/mol. The summed E-state index contributed by atoms with van der Waals surface area (Å²) >= 11 is 1.57. The first-order chi connectivity index (χ1) is 16.7. The van der Waals surface area contributed by atoms with Crippen LogP contribution < -0.4 is 5.32 Å². The number of rotatable bonds is 6. The quantitative estimate of drug-likeness (QED) is 0.417. The molecule has 34 heavy (non-hydrogen) atoms. The summed E-state index contributed by atoms with van der Waals surface area (Å²) in [5.41, 5.74) is 3.03. The number of carbonyl (C=O) groups is 2. The Labute approximate surface area is 200 Å². The third kappa shape index (κ3) is 3.39. The van der Waals surface area contributed by atoms with Gasteiger partial charge in [0.1, 0.15) is 10.5 Å². The van der Waals surface area contributed by atoms with Crippen LogP contribution in [-0.2, 0) is 14.3 Å². The fourth-order valence-electron chi connectivity index (χ4n) is 5.15. The minimum atomic E-state index is -0.394. The number of likely N-dealkylation sites (tertiary alicyclic amines) is 1. The zero-order valence-electron chi connectivity index (χ0n) is 18.8. The third-order valence-corrected chi connectivity index (χ3v) is 7.71. The van der Waals surface area contributed by atoms with Crippen molar-refractivity contribution in [2.45, 2.75) is 18.9 Å². The van der Waals surface area contributed by atoms with Gasteiger partial charge in [-0.15, -0.1) is 11.3 Å². The van der Waals surface area contributed by atoms with Gasteiger partial charge in [0.05, 0.1) is 29.3 Å². The summed E-state index contributed by atoms with van der Waals surface area (Å²) in [4.78, 5) is 32.6. The van der Waals surface area contributed by atoms with Crippen LogP contribution in [0, 0.1) is 0 Å². The van der Waals surface area contributed by atoms with E-state index in [0.717, 1.165) is 65.8 Å². The normalized spacial score (nSPS) is 18.0. The van der Waals surface area contributed by atoms with E-state index >= 15 is 0 Å². The lowest BCUT2D eigenvalue weighted by Gasteiger charge is -2.32. The molecule has 0 aliphatic carbocycles. The van der Waals surface area contributed by atoms with Gasteiger partial charge in [-0.25, -0.2) is 0 Å². The van der Waals surface area contributed by atoms with E-state index < -0.39 is 5.91 Å². The lowest BCUT2D eigenvalue weighted by molar-refractivity contribution is -0.122. The highest BCUT2D eigenvalue weighted by molar-refractivity contribution is 7.16. The van der Waals surface area contributed by atoms with Crippen LogP contribution in [0.4, 0.5) is 0 Å². The van der Waals surface area contributed by atoms with Crippen LogP contribution in [0.5, 0.6) is 0 Å². The number of benzene rings is 1. The van der Waals surface area contributed by atoms with Crippen molar-refractivity contribution in [3.8, 4) is 0 Å². The average molecular weight is 476 g/mol. The molecular formula is C25H25N5O3S. The number of nitrogens with one attached hydrogen (secondary N) is 2. The van der Waals surface area contributed by atoms with E-state index in [9.17, 15) is 9.59 Å². The van der Waals surface area contributed by atoms with Gasteiger partial charge in [0.15, 0.2) is 0 Å². The number of carbonyl (C=O) groups excluding carboxylic acids is 2. The summed E-state index contributed by atoms with van der Waals surface area (Å²) in [7, 11) is 1.73. The maximum Gasteiger partial charge on any atom is 0.261 e. The van der Waals surface area contributed by atoms with Crippen LogP contribution in [0.1, 0.15) is 30.1 Å². The van der Waals surface area contributed by atoms with Gasteiger partial charge in [-0.1, -0.05) is 18.2 Å². The number of ether oxygens (including phenoxy) is 1. The van der Waals surface area contributed by atoms with E-state index in [1.807, 2.05) is 41.9 Å². The molecular weight excluding hydrogens is 450 g/mol. The zero-order chi connectivity index (χ0) is 23.2. The summed E-state index contributed by atoms with van der Waals surface area (Å²) in [6.07, 6.45) is 3.75. The molecule has 0 bridgehead atoms. The van der Waals surface area contributed by atoms with Crippen LogP contribution in [0.3, 0.4) is 0 Å². The molecule has 1 aromatic carbocycles. The highest BCUT2D eigenvalue weighted by atomic mass is 32.1. The molecule has 6 rings (SSSR count). The standard InChI is InChI=1S/C25H25N5O3S/c1-33-12-11-29-9-6-15(7-10-29)30-19-5-3-2-4-17(19)22(28-30)21-20(23(31)27-24(21)32)18-14-26-25-16(18)8-13-34-25/h2-5,8,13-15,26H,6-7,9-12H2,1H3,(H,27,31,32). The molecule has 5 heterocycles. The first kappa shape index (κ1) is 21.3. The molecule has 9 heteroatoms. The Balaban J connectivity index is 1.45. The Kier molecular flexibility index (Phi) is 5.32. The molecule has 4 aromatic rings. The molecule has 0 spiro atoms. The van der Waals surface area contributed by atoms with Gasteiger partial charge >= 0.3 is 0 Å². The topological polar surface area (TPSA) is 92.2 Å². The van der Waals surface area contributed by atoms with E-state index in [-0.39, 0.29) is 11.9 Å². The molecule has 2 N–H and O–H groups in total. The maximum atomic E-state index is 13.1. The number of piperidine rings is 1. The van der Waals surface area contributed by atoms with Crippen molar-refractivity contribution in [1.82, 2.24) is 25.0 Å². The summed E-state index contributed by atoms with van der Waals surface area (Å²) in [5.74, 6) is -0.772. The van der Waals surface area contributed by atoms with Crippen molar-refractivity contribution in [2.75, 3.05) is 33.4 Å². The van der Waals surface area contributed by atoms with Crippen LogP contribution in [0.15, 0.2) is 41.9 Å². The summed E-state index contributed by atoms with van der Waals surface area (Å²) in [5, 5.41) is 11.3. The number of thiophene rings is 1. The minimum absolute atomic E-state index is 0.234. The van der Waals surface area contributed by atoms with E-state index in [1.165, 1.54) is 0 Å². The van der Waals surface area contributed by atoms with Crippen molar-refractivity contribution >= 4 is 55.4 Å². The van der Waals surface area contributed by atoms with Crippen molar-refractivity contribution in [3.63, 3.8) is 0 Å². The van der Waals surface area contributed by atoms with Crippen molar-refractivity contribution in [2.24, 2.45) is 0 Å². The molecule has 0 atom stereocenters. The minimum Gasteiger partial charge on any atom is -0.383 e. The summed E-state index contributed by atoms with van der Waals surface area (Å²) < 4.78 is 7.29. The van der Waals surface area contributed by atoms with Gasteiger partial charge in [0, 0.05) is 49.3 Å². The number of H-pyrrole nitrogens is 1. The Morgan fingerprint density at radius 3 is 2.71 bits per heavy atom. The van der Waals surface area contributed by atoms with Crippen molar-refractivity contribution in [3.05, 3.63) is 53.2 Å². The number of aromatic amines is 1. The number of fused-ring (bicyclic) bond motifs is 2. The van der Waals surface area contributed by atoms with Crippen LogP contribution in [0.2, 0.25) is 0 Å². The SMILES string of the molecule is COCCN1CCC(n2nc(C3=C(c4c[nH]c5sccc45)C(=O)NC3=O)c3ccccc32)CC1. The summed E-state index contributed by atoms with van der Waals surface area (Å²) in [6, 6.07) is 10.2. The third-order valence-electron chi connectivity index (χ3n) is 6.87. The summed E-state index contributed by atoms with van der Waals surface area (Å²) in [6.45, 7) is 3.62. The van der Waals surface area contributed by atoms with E-state index in [0.29, 0.717) is 16.8 Å². The van der Waals surface area contributed by atoms with E-state index in [1.54, 1.807) is 18.4 Å². The molecule has 2 amide bonds. The highest BCUT2D eigenvalue weighted by Crippen LogP contribution is 2.39. The number of nitrogens with zero attached hydrogens (tertiary/aromatic N) is 3. The van der Waals surface area contributed by atoms with Crippen molar-refractivity contribution in [1.29, 1.82) is 0 Å². The van der Waals surface area contributed by atoms with Gasteiger partial charge in [-0.3, -0.25) is 19.6 Å². The van der Waals surface area contributed by atoms with Crippen LogP contribution in [-0.4, -0.2) is 64.8 Å². The van der Waals surface area contributed by atoms with Crippen molar-refractivity contribution < 1.29 is 14.3 Å². The molecule has 3 aromatic heterocycles. The fourth-order valence-corrected chi connectivity index (χ4v) is 5.93. The number of para-hydroxylation sites is 1.